The number of hydrogen-bond acceptors (Lipinski definition) is 3. The first-order valence-corrected chi connectivity index (χ1v) is 8.27. The van der Waals surface area contributed by atoms with Gasteiger partial charge >= 0.3 is 6.03 Å². The molecule has 3 N–H and O–H groups in total. The molecule has 0 aliphatic rings. The monoisotopic (exact) mass is 359 g/mol. The minimum absolute atomic E-state index is 0.157. The SMILES string of the molecule is O=C(NCC(=O)N(CCO)Cc1ccccc1)NCc1ccc(F)cc1. The van der Waals surface area contributed by atoms with Crippen LogP contribution < -0.4 is 10.6 Å². The third kappa shape index (κ3) is 6.52. The Kier molecular flexibility index (Phi) is 7.57. The largest absolute Gasteiger partial charge is 0.395 e. The Morgan fingerprint density at radius 1 is 0.962 bits per heavy atom. The summed E-state index contributed by atoms with van der Waals surface area (Å²) in [5.74, 6) is -0.633. The number of carbonyl (C=O) groups is 2. The molecule has 26 heavy (non-hydrogen) atoms. The molecular formula is C19H22FN3O3. The van der Waals surface area contributed by atoms with Gasteiger partial charge in [0.15, 0.2) is 0 Å². The van der Waals surface area contributed by atoms with E-state index in [-0.39, 0.29) is 38.0 Å². The average Bonchev–Trinajstić information content (AvgIpc) is 2.66. The molecule has 2 aromatic carbocycles. The highest BCUT2D eigenvalue weighted by Gasteiger charge is 2.14. The quantitative estimate of drug-likeness (QED) is 0.670. The molecule has 7 heteroatoms. The number of aliphatic hydroxyl groups is 1. The molecule has 0 aliphatic carbocycles. The number of amides is 3. The Balaban J connectivity index is 1.78. The van der Waals surface area contributed by atoms with Crippen LogP contribution in [0.5, 0.6) is 0 Å². The normalized spacial score (nSPS) is 10.2. The summed E-state index contributed by atoms with van der Waals surface area (Å²) in [5, 5.41) is 14.2. The van der Waals surface area contributed by atoms with Gasteiger partial charge in [-0.15, -0.1) is 0 Å². The van der Waals surface area contributed by atoms with Crippen LogP contribution in [0.1, 0.15) is 11.1 Å². The lowest BCUT2D eigenvalue weighted by molar-refractivity contribution is -0.131. The maximum absolute atomic E-state index is 12.8. The first-order chi connectivity index (χ1) is 12.6. The van der Waals surface area contributed by atoms with Gasteiger partial charge in [-0.05, 0) is 23.3 Å². The minimum Gasteiger partial charge on any atom is -0.395 e. The van der Waals surface area contributed by atoms with E-state index in [1.54, 1.807) is 12.1 Å². The first kappa shape index (κ1) is 19.4. The van der Waals surface area contributed by atoms with E-state index in [1.165, 1.54) is 17.0 Å². The average molecular weight is 359 g/mol. The van der Waals surface area contributed by atoms with Crippen molar-refractivity contribution in [3.8, 4) is 0 Å². The van der Waals surface area contributed by atoms with Gasteiger partial charge in [-0.25, -0.2) is 9.18 Å². The van der Waals surface area contributed by atoms with Gasteiger partial charge in [0.05, 0.1) is 13.2 Å². The predicted octanol–water partition coefficient (Wildman–Crippen LogP) is 1.65. The van der Waals surface area contributed by atoms with E-state index in [1.807, 2.05) is 30.3 Å². The highest BCUT2D eigenvalue weighted by molar-refractivity contribution is 5.84. The van der Waals surface area contributed by atoms with Gasteiger partial charge in [-0.2, -0.15) is 0 Å². The molecule has 0 saturated heterocycles. The topological polar surface area (TPSA) is 81.7 Å². The van der Waals surface area contributed by atoms with E-state index in [9.17, 15) is 14.0 Å². The fourth-order valence-corrected chi connectivity index (χ4v) is 2.33. The number of aliphatic hydroxyl groups excluding tert-OH is 1. The van der Waals surface area contributed by atoms with Gasteiger partial charge in [0, 0.05) is 19.6 Å². The zero-order valence-electron chi connectivity index (χ0n) is 14.3. The van der Waals surface area contributed by atoms with Gasteiger partial charge < -0.3 is 20.6 Å². The van der Waals surface area contributed by atoms with Crippen molar-refractivity contribution in [3.05, 3.63) is 71.5 Å². The minimum atomic E-state index is -0.494. The molecule has 0 bridgehead atoms. The van der Waals surface area contributed by atoms with E-state index >= 15 is 0 Å². The van der Waals surface area contributed by atoms with Gasteiger partial charge in [0.1, 0.15) is 5.82 Å². The van der Waals surface area contributed by atoms with E-state index in [0.29, 0.717) is 6.54 Å². The molecule has 3 amide bonds. The number of rotatable bonds is 8. The summed E-state index contributed by atoms with van der Waals surface area (Å²) in [5.41, 5.74) is 1.69. The third-order valence-electron chi connectivity index (χ3n) is 3.71. The third-order valence-corrected chi connectivity index (χ3v) is 3.71. The van der Waals surface area contributed by atoms with Gasteiger partial charge in [-0.1, -0.05) is 42.5 Å². The molecular weight excluding hydrogens is 337 g/mol. The van der Waals surface area contributed by atoms with Crippen LogP contribution in [0.15, 0.2) is 54.6 Å². The number of benzene rings is 2. The highest BCUT2D eigenvalue weighted by atomic mass is 19.1. The summed E-state index contributed by atoms with van der Waals surface area (Å²) in [6, 6.07) is 14.7. The Bertz CT molecular complexity index is 708. The van der Waals surface area contributed by atoms with Crippen molar-refractivity contribution < 1.29 is 19.1 Å². The van der Waals surface area contributed by atoms with Crippen molar-refractivity contribution in [2.24, 2.45) is 0 Å². The Labute approximate surface area is 151 Å². The molecule has 0 unspecified atom stereocenters. The van der Waals surface area contributed by atoms with Gasteiger partial charge in [0.2, 0.25) is 5.91 Å². The van der Waals surface area contributed by atoms with Crippen molar-refractivity contribution in [1.29, 1.82) is 0 Å². The summed E-state index contributed by atoms with van der Waals surface area (Å²) >= 11 is 0. The fraction of sp³-hybridized carbons (Fsp3) is 0.263. The Morgan fingerprint density at radius 2 is 1.65 bits per heavy atom. The van der Waals surface area contributed by atoms with Gasteiger partial charge in [0.25, 0.3) is 0 Å². The molecule has 2 rings (SSSR count). The Hall–Kier alpha value is -2.93. The number of carbonyl (C=O) groups excluding carboxylic acids is 2. The zero-order valence-corrected chi connectivity index (χ0v) is 14.3. The molecule has 0 radical (unpaired) electrons. The van der Waals surface area contributed by atoms with Crippen LogP contribution in [0.2, 0.25) is 0 Å². The maximum atomic E-state index is 12.8. The number of urea groups is 1. The number of halogens is 1. The maximum Gasteiger partial charge on any atom is 0.315 e. The Morgan fingerprint density at radius 3 is 2.31 bits per heavy atom. The molecule has 0 fully saturated rings. The second-order valence-electron chi connectivity index (χ2n) is 5.69. The molecule has 0 atom stereocenters. The number of nitrogens with one attached hydrogen (secondary N) is 2. The summed E-state index contributed by atoms with van der Waals surface area (Å²) in [7, 11) is 0. The van der Waals surface area contributed by atoms with Gasteiger partial charge in [-0.3, -0.25) is 4.79 Å². The predicted molar refractivity (Wildman–Crippen MR) is 95.6 cm³/mol. The van der Waals surface area contributed by atoms with Crippen molar-refractivity contribution in [2.75, 3.05) is 19.7 Å². The summed E-state index contributed by atoms with van der Waals surface area (Å²) in [6.07, 6.45) is 0. The second kappa shape index (κ2) is 10.1. The van der Waals surface area contributed by atoms with Crippen molar-refractivity contribution in [2.45, 2.75) is 13.1 Å². The van der Waals surface area contributed by atoms with E-state index < -0.39 is 6.03 Å². The first-order valence-electron chi connectivity index (χ1n) is 8.27. The van der Waals surface area contributed by atoms with Crippen molar-refractivity contribution >= 4 is 11.9 Å². The molecule has 2 aromatic rings. The standard InChI is InChI=1S/C19H22FN3O3/c20-17-8-6-15(7-9-17)12-21-19(26)22-13-18(25)23(10-11-24)14-16-4-2-1-3-5-16/h1-9,24H,10-14H2,(H2,21,22,26). The molecule has 138 valence electrons. The van der Waals surface area contributed by atoms with E-state index in [4.69, 9.17) is 5.11 Å². The molecule has 0 spiro atoms. The lowest BCUT2D eigenvalue weighted by atomic mass is 10.2. The lowest BCUT2D eigenvalue weighted by Gasteiger charge is -2.22. The lowest BCUT2D eigenvalue weighted by Crippen LogP contribution is -2.44. The summed E-state index contributed by atoms with van der Waals surface area (Å²) < 4.78 is 12.8. The van der Waals surface area contributed by atoms with Crippen LogP contribution >= 0.6 is 0 Å². The zero-order chi connectivity index (χ0) is 18.8. The van der Waals surface area contributed by atoms with E-state index in [2.05, 4.69) is 10.6 Å². The fourth-order valence-electron chi connectivity index (χ4n) is 2.33. The summed E-state index contributed by atoms with van der Waals surface area (Å²) in [6.45, 7) is 0.438. The van der Waals surface area contributed by atoms with Crippen molar-refractivity contribution in [1.82, 2.24) is 15.5 Å². The summed E-state index contributed by atoms with van der Waals surface area (Å²) in [4.78, 5) is 25.6. The van der Waals surface area contributed by atoms with Crippen LogP contribution in [0.3, 0.4) is 0 Å². The molecule has 0 saturated carbocycles. The number of hydrogen-bond donors (Lipinski definition) is 3. The van der Waals surface area contributed by atoms with Crippen molar-refractivity contribution in [3.63, 3.8) is 0 Å². The second-order valence-corrected chi connectivity index (χ2v) is 5.69. The van der Waals surface area contributed by atoms with Crippen LogP contribution in [-0.4, -0.2) is 41.6 Å². The van der Waals surface area contributed by atoms with Crippen LogP contribution in [0.4, 0.5) is 9.18 Å². The highest BCUT2D eigenvalue weighted by Crippen LogP contribution is 2.04. The smallest absolute Gasteiger partial charge is 0.315 e. The molecule has 0 aromatic heterocycles. The van der Waals surface area contributed by atoms with Crippen LogP contribution in [-0.2, 0) is 17.9 Å². The van der Waals surface area contributed by atoms with Crippen LogP contribution in [0.25, 0.3) is 0 Å². The van der Waals surface area contributed by atoms with E-state index in [0.717, 1.165) is 11.1 Å². The molecule has 6 nitrogen and oxygen atoms in total. The molecule has 0 aliphatic heterocycles. The van der Waals surface area contributed by atoms with Crippen LogP contribution in [0, 0.1) is 5.82 Å². The number of nitrogens with zero attached hydrogens (tertiary/aromatic N) is 1. The molecule has 0 heterocycles.